The van der Waals surface area contributed by atoms with Crippen molar-refractivity contribution in [2.24, 2.45) is 5.41 Å². The predicted molar refractivity (Wildman–Crippen MR) is 65.3 cm³/mol. The Morgan fingerprint density at radius 1 is 1.21 bits per heavy atom. The molecule has 84 valence electrons. The fraction of sp³-hybridized carbons (Fsp3) is 0.846. The Morgan fingerprint density at radius 2 is 1.71 bits per heavy atom. The van der Waals surface area contributed by atoms with E-state index in [0.717, 1.165) is 0 Å². The summed E-state index contributed by atoms with van der Waals surface area (Å²) in [6, 6.07) is 0. The molecule has 1 heteroatoms. The van der Waals surface area contributed by atoms with E-state index in [9.17, 15) is 0 Å². The second-order valence-corrected chi connectivity index (χ2v) is 5.36. The molecular weight excluding hydrogens is 170 g/mol. The van der Waals surface area contributed by atoms with Crippen LogP contribution in [0.2, 0.25) is 0 Å². The van der Waals surface area contributed by atoms with Gasteiger partial charge in [0.2, 0.25) is 0 Å². The maximum atomic E-state index is 3.59. The van der Waals surface area contributed by atoms with Crippen LogP contribution in [-0.4, -0.2) is 5.54 Å². The van der Waals surface area contributed by atoms with E-state index in [4.69, 9.17) is 0 Å². The van der Waals surface area contributed by atoms with Crippen LogP contribution in [0.25, 0.3) is 0 Å². The molecule has 0 atom stereocenters. The SMILES string of the molecule is C/C=C(\C)NC(C)(C)C(C)(C)CCC. The van der Waals surface area contributed by atoms with Crippen LogP contribution >= 0.6 is 0 Å². The van der Waals surface area contributed by atoms with Gasteiger partial charge in [0.25, 0.3) is 0 Å². The van der Waals surface area contributed by atoms with Crippen LogP contribution < -0.4 is 5.32 Å². The number of hydrogen-bond donors (Lipinski definition) is 1. The maximum Gasteiger partial charge on any atom is 0.0365 e. The number of hydrogen-bond acceptors (Lipinski definition) is 1. The van der Waals surface area contributed by atoms with Crippen LogP contribution in [0.1, 0.15) is 61.3 Å². The normalized spacial score (nSPS) is 14.4. The Bertz CT molecular complexity index is 199. The second-order valence-electron chi connectivity index (χ2n) is 5.36. The molecule has 0 aliphatic rings. The van der Waals surface area contributed by atoms with Gasteiger partial charge in [0.1, 0.15) is 0 Å². The van der Waals surface area contributed by atoms with Gasteiger partial charge in [-0.25, -0.2) is 0 Å². The van der Waals surface area contributed by atoms with Crippen LogP contribution in [-0.2, 0) is 0 Å². The Labute approximate surface area is 90.0 Å². The van der Waals surface area contributed by atoms with E-state index in [2.05, 4.69) is 59.9 Å². The summed E-state index contributed by atoms with van der Waals surface area (Å²) in [7, 11) is 0. The van der Waals surface area contributed by atoms with Crippen molar-refractivity contribution in [2.45, 2.75) is 66.8 Å². The molecule has 1 nitrogen and oxygen atoms in total. The van der Waals surface area contributed by atoms with Gasteiger partial charge >= 0.3 is 0 Å². The Balaban J connectivity index is 4.58. The summed E-state index contributed by atoms with van der Waals surface area (Å²) >= 11 is 0. The smallest absolute Gasteiger partial charge is 0.0365 e. The molecule has 14 heavy (non-hydrogen) atoms. The van der Waals surface area contributed by atoms with Crippen molar-refractivity contribution in [3.63, 3.8) is 0 Å². The lowest BCUT2D eigenvalue weighted by molar-refractivity contribution is 0.152. The largest absolute Gasteiger partial charge is 0.383 e. The van der Waals surface area contributed by atoms with Gasteiger partial charge in [0.05, 0.1) is 0 Å². The summed E-state index contributed by atoms with van der Waals surface area (Å²) < 4.78 is 0. The van der Waals surface area contributed by atoms with E-state index >= 15 is 0 Å². The zero-order valence-corrected chi connectivity index (χ0v) is 11.0. The first-order valence-electron chi connectivity index (χ1n) is 5.68. The standard InChI is InChI=1S/C13H27N/c1-8-10-12(4,5)13(6,7)14-11(3)9-2/h9,14H,8,10H2,1-7H3/b11-9+. The van der Waals surface area contributed by atoms with Crippen molar-refractivity contribution in [1.82, 2.24) is 5.32 Å². The minimum absolute atomic E-state index is 0.152. The lowest BCUT2D eigenvalue weighted by atomic mass is 9.71. The molecule has 0 saturated carbocycles. The third-order valence-electron chi connectivity index (χ3n) is 3.51. The van der Waals surface area contributed by atoms with Crippen LogP contribution in [0.15, 0.2) is 11.8 Å². The first-order chi connectivity index (χ1) is 6.27. The van der Waals surface area contributed by atoms with Crippen LogP contribution in [0, 0.1) is 5.41 Å². The van der Waals surface area contributed by atoms with E-state index in [1.807, 2.05) is 0 Å². The van der Waals surface area contributed by atoms with Gasteiger partial charge in [0.15, 0.2) is 0 Å². The van der Waals surface area contributed by atoms with Gasteiger partial charge in [-0.05, 0) is 39.5 Å². The highest BCUT2D eigenvalue weighted by Crippen LogP contribution is 2.35. The van der Waals surface area contributed by atoms with Gasteiger partial charge in [0, 0.05) is 11.2 Å². The Morgan fingerprint density at radius 3 is 2.07 bits per heavy atom. The van der Waals surface area contributed by atoms with E-state index in [1.54, 1.807) is 0 Å². The van der Waals surface area contributed by atoms with Crippen molar-refractivity contribution in [3.8, 4) is 0 Å². The van der Waals surface area contributed by atoms with Gasteiger partial charge in [-0.2, -0.15) is 0 Å². The Hall–Kier alpha value is -0.460. The third kappa shape index (κ3) is 3.36. The van der Waals surface area contributed by atoms with Crippen molar-refractivity contribution < 1.29 is 0 Å². The topological polar surface area (TPSA) is 12.0 Å². The first kappa shape index (κ1) is 13.5. The summed E-state index contributed by atoms with van der Waals surface area (Å²) in [6.07, 6.45) is 4.63. The molecule has 0 amide bonds. The average molecular weight is 197 g/mol. The molecule has 0 aliphatic heterocycles. The minimum Gasteiger partial charge on any atom is -0.383 e. The molecule has 0 aliphatic carbocycles. The van der Waals surface area contributed by atoms with Gasteiger partial charge in [-0.1, -0.05) is 33.3 Å². The van der Waals surface area contributed by atoms with Crippen LogP contribution in [0.4, 0.5) is 0 Å². The van der Waals surface area contributed by atoms with Gasteiger partial charge < -0.3 is 5.32 Å². The van der Waals surface area contributed by atoms with Crippen molar-refractivity contribution in [2.75, 3.05) is 0 Å². The summed E-state index contributed by atoms with van der Waals surface area (Å²) in [5, 5.41) is 3.59. The number of nitrogens with one attached hydrogen (secondary N) is 1. The molecule has 0 aromatic rings. The molecule has 0 radical (unpaired) electrons. The zero-order chi connectivity index (χ0) is 11.4. The van der Waals surface area contributed by atoms with E-state index < -0.39 is 0 Å². The van der Waals surface area contributed by atoms with Crippen molar-refractivity contribution in [1.29, 1.82) is 0 Å². The summed E-state index contributed by atoms with van der Waals surface area (Å²) in [4.78, 5) is 0. The first-order valence-corrected chi connectivity index (χ1v) is 5.68. The average Bonchev–Trinajstić information content (AvgIpc) is 2.03. The molecule has 0 aromatic carbocycles. The highest BCUT2D eigenvalue weighted by molar-refractivity contribution is 5.03. The Kier molecular flexibility index (Phi) is 4.70. The highest BCUT2D eigenvalue weighted by atomic mass is 15.0. The van der Waals surface area contributed by atoms with Crippen molar-refractivity contribution in [3.05, 3.63) is 11.8 Å². The molecule has 0 spiro atoms. The summed E-state index contributed by atoms with van der Waals surface area (Å²) in [5.74, 6) is 0. The number of allylic oxidation sites excluding steroid dienone is 2. The third-order valence-corrected chi connectivity index (χ3v) is 3.51. The molecule has 0 aromatic heterocycles. The molecule has 0 saturated heterocycles. The maximum absolute atomic E-state index is 3.59. The fourth-order valence-corrected chi connectivity index (χ4v) is 1.67. The van der Waals surface area contributed by atoms with Gasteiger partial charge in [-0.15, -0.1) is 0 Å². The molecule has 1 N–H and O–H groups in total. The minimum atomic E-state index is 0.152. The quantitative estimate of drug-likeness (QED) is 0.699. The molecule has 0 unspecified atom stereocenters. The zero-order valence-electron chi connectivity index (χ0n) is 11.0. The molecule has 0 rings (SSSR count). The van der Waals surface area contributed by atoms with E-state index in [1.165, 1.54) is 18.5 Å². The molecular formula is C13H27N. The van der Waals surface area contributed by atoms with Crippen LogP contribution in [0.3, 0.4) is 0 Å². The summed E-state index contributed by atoms with van der Waals surface area (Å²) in [5.41, 5.74) is 1.74. The lowest BCUT2D eigenvalue weighted by Gasteiger charge is -2.43. The second kappa shape index (κ2) is 4.86. The van der Waals surface area contributed by atoms with Gasteiger partial charge in [-0.3, -0.25) is 0 Å². The molecule has 0 heterocycles. The van der Waals surface area contributed by atoms with E-state index in [0.29, 0.717) is 5.41 Å². The highest BCUT2D eigenvalue weighted by Gasteiger charge is 2.35. The number of rotatable bonds is 5. The molecule has 0 bridgehead atoms. The monoisotopic (exact) mass is 197 g/mol. The molecule has 0 fully saturated rings. The fourth-order valence-electron chi connectivity index (χ4n) is 1.67. The van der Waals surface area contributed by atoms with Crippen molar-refractivity contribution >= 4 is 0 Å². The lowest BCUT2D eigenvalue weighted by Crippen LogP contribution is -2.50. The van der Waals surface area contributed by atoms with Crippen LogP contribution in [0.5, 0.6) is 0 Å². The van der Waals surface area contributed by atoms with E-state index in [-0.39, 0.29) is 5.54 Å². The summed E-state index contributed by atoms with van der Waals surface area (Å²) in [6.45, 7) is 15.7. The predicted octanol–water partition coefficient (Wildman–Crippen LogP) is 4.10.